The van der Waals surface area contributed by atoms with Crippen LogP contribution in [0.2, 0.25) is 0 Å². The average molecular weight is 271 g/mol. The summed E-state index contributed by atoms with van der Waals surface area (Å²) in [5, 5.41) is 10.4. The minimum Gasteiger partial charge on any atom is -0.294 e. The lowest BCUT2D eigenvalue weighted by Crippen LogP contribution is -2.24. The molecule has 98 valence electrons. The fraction of sp³-hybridized carbons (Fsp3) is 0.500. The standard InChI is InChI=1S/C16H17NOS/c1-10-2-3-11(6-13(10)9-17)16(18)12-7-14-4-5-15(8-12)19-14/h2-3,6,12,14-15H,4-5,7-8H2,1H3. The molecule has 1 aromatic rings. The Bertz CT molecular complexity index is 548. The maximum absolute atomic E-state index is 12.6. The highest BCUT2D eigenvalue weighted by molar-refractivity contribution is 8.00. The van der Waals surface area contributed by atoms with Crippen molar-refractivity contribution in [3.05, 3.63) is 34.9 Å². The predicted molar refractivity (Wildman–Crippen MR) is 77.3 cm³/mol. The van der Waals surface area contributed by atoms with Gasteiger partial charge in [0, 0.05) is 22.0 Å². The van der Waals surface area contributed by atoms with Crippen molar-refractivity contribution in [2.45, 2.75) is 43.1 Å². The molecular formula is C16H17NOS. The van der Waals surface area contributed by atoms with Crippen LogP contribution in [0, 0.1) is 24.2 Å². The van der Waals surface area contributed by atoms with Crippen molar-refractivity contribution in [3.8, 4) is 6.07 Å². The van der Waals surface area contributed by atoms with Crippen LogP contribution in [-0.2, 0) is 0 Å². The second-order valence-corrected chi connectivity index (χ2v) is 7.24. The minimum atomic E-state index is 0.174. The Morgan fingerprint density at radius 2 is 2.00 bits per heavy atom. The van der Waals surface area contributed by atoms with E-state index in [1.165, 1.54) is 12.8 Å². The van der Waals surface area contributed by atoms with Crippen LogP contribution < -0.4 is 0 Å². The first-order chi connectivity index (χ1) is 9.17. The number of ketones is 1. The third-order valence-electron chi connectivity index (χ3n) is 4.30. The van der Waals surface area contributed by atoms with Gasteiger partial charge in [-0.05, 0) is 44.2 Å². The van der Waals surface area contributed by atoms with Crippen LogP contribution in [-0.4, -0.2) is 16.3 Å². The first kappa shape index (κ1) is 12.7. The van der Waals surface area contributed by atoms with Gasteiger partial charge in [0.25, 0.3) is 0 Å². The molecule has 0 aliphatic carbocycles. The smallest absolute Gasteiger partial charge is 0.166 e. The maximum Gasteiger partial charge on any atom is 0.166 e. The van der Waals surface area contributed by atoms with Crippen LogP contribution in [0.4, 0.5) is 0 Å². The summed E-state index contributed by atoms with van der Waals surface area (Å²) in [6, 6.07) is 7.70. The maximum atomic E-state index is 12.6. The van der Waals surface area contributed by atoms with Gasteiger partial charge in [-0.2, -0.15) is 17.0 Å². The summed E-state index contributed by atoms with van der Waals surface area (Å²) in [7, 11) is 0. The number of benzene rings is 1. The number of Topliss-reactive ketones (excluding diaryl/α,β-unsaturated/α-hetero) is 1. The summed E-state index contributed by atoms with van der Waals surface area (Å²) in [5.41, 5.74) is 2.29. The second kappa shape index (κ2) is 5.02. The van der Waals surface area contributed by atoms with E-state index < -0.39 is 0 Å². The lowest BCUT2D eigenvalue weighted by Gasteiger charge is -2.26. The van der Waals surface area contributed by atoms with E-state index in [0.29, 0.717) is 16.1 Å². The van der Waals surface area contributed by atoms with Crippen LogP contribution in [0.1, 0.15) is 47.2 Å². The van der Waals surface area contributed by atoms with Gasteiger partial charge in [-0.1, -0.05) is 12.1 Å². The number of rotatable bonds is 2. The summed E-state index contributed by atoms with van der Waals surface area (Å²) in [6.45, 7) is 1.91. The van der Waals surface area contributed by atoms with Crippen LogP contribution in [0.5, 0.6) is 0 Å². The SMILES string of the molecule is Cc1ccc(C(=O)C2CC3CCC(C2)S3)cc1C#N. The molecule has 2 heterocycles. The molecule has 3 rings (SSSR count). The number of nitriles is 1. The molecule has 19 heavy (non-hydrogen) atoms. The monoisotopic (exact) mass is 271 g/mol. The van der Waals surface area contributed by atoms with Crippen molar-refractivity contribution in [1.29, 1.82) is 5.26 Å². The van der Waals surface area contributed by atoms with E-state index in [9.17, 15) is 4.79 Å². The average Bonchev–Trinajstić information content (AvgIpc) is 2.77. The lowest BCUT2D eigenvalue weighted by atomic mass is 9.89. The molecule has 1 aromatic carbocycles. The molecule has 3 heteroatoms. The summed E-state index contributed by atoms with van der Waals surface area (Å²) in [5.74, 6) is 0.418. The van der Waals surface area contributed by atoms with Gasteiger partial charge in [-0.3, -0.25) is 4.79 Å². The molecule has 0 saturated carbocycles. The number of fused-ring (bicyclic) bond motifs is 2. The summed E-state index contributed by atoms with van der Waals surface area (Å²) < 4.78 is 0. The van der Waals surface area contributed by atoms with E-state index in [2.05, 4.69) is 17.8 Å². The molecule has 2 bridgehead atoms. The zero-order chi connectivity index (χ0) is 13.4. The van der Waals surface area contributed by atoms with E-state index in [1.807, 2.05) is 19.1 Å². The van der Waals surface area contributed by atoms with Crippen LogP contribution >= 0.6 is 11.8 Å². The summed E-state index contributed by atoms with van der Waals surface area (Å²) in [4.78, 5) is 12.6. The van der Waals surface area contributed by atoms with Gasteiger partial charge in [0.2, 0.25) is 0 Å². The van der Waals surface area contributed by atoms with Crippen LogP contribution in [0.3, 0.4) is 0 Å². The van der Waals surface area contributed by atoms with Gasteiger partial charge in [0.1, 0.15) is 0 Å². The van der Waals surface area contributed by atoms with Crippen molar-refractivity contribution in [1.82, 2.24) is 0 Å². The van der Waals surface area contributed by atoms with Gasteiger partial charge in [-0.25, -0.2) is 0 Å². The number of nitrogens with zero attached hydrogens (tertiary/aromatic N) is 1. The van der Waals surface area contributed by atoms with Gasteiger partial charge in [0.05, 0.1) is 11.6 Å². The van der Waals surface area contributed by atoms with Crippen molar-refractivity contribution < 1.29 is 4.79 Å². The van der Waals surface area contributed by atoms with Crippen molar-refractivity contribution in [3.63, 3.8) is 0 Å². The number of thioether (sulfide) groups is 1. The largest absolute Gasteiger partial charge is 0.294 e. The zero-order valence-corrected chi connectivity index (χ0v) is 11.9. The molecule has 2 unspecified atom stereocenters. The Hall–Kier alpha value is -1.27. The number of carbonyl (C=O) groups excluding carboxylic acids is 1. The van der Waals surface area contributed by atoms with Crippen molar-refractivity contribution in [2.75, 3.05) is 0 Å². The molecule has 2 nitrogen and oxygen atoms in total. The normalized spacial score (nSPS) is 28.9. The molecule has 0 aromatic heterocycles. The number of carbonyl (C=O) groups is 1. The second-order valence-electron chi connectivity index (χ2n) is 5.63. The summed E-state index contributed by atoms with van der Waals surface area (Å²) in [6.07, 6.45) is 4.60. The van der Waals surface area contributed by atoms with E-state index in [1.54, 1.807) is 6.07 Å². The van der Waals surface area contributed by atoms with Crippen LogP contribution in [0.15, 0.2) is 18.2 Å². The molecule has 2 fully saturated rings. The summed E-state index contributed by atoms with van der Waals surface area (Å²) >= 11 is 2.07. The molecule has 0 amide bonds. The molecule has 0 radical (unpaired) electrons. The molecule has 2 saturated heterocycles. The van der Waals surface area contributed by atoms with Crippen molar-refractivity contribution in [2.24, 2.45) is 5.92 Å². The highest BCUT2D eigenvalue weighted by Crippen LogP contribution is 2.46. The highest BCUT2D eigenvalue weighted by Gasteiger charge is 2.37. The Kier molecular flexibility index (Phi) is 3.36. The first-order valence-electron chi connectivity index (χ1n) is 6.88. The third kappa shape index (κ3) is 2.42. The lowest BCUT2D eigenvalue weighted by molar-refractivity contribution is 0.0907. The van der Waals surface area contributed by atoms with Crippen molar-refractivity contribution >= 4 is 17.5 Å². The quantitative estimate of drug-likeness (QED) is 0.770. The third-order valence-corrected chi connectivity index (χ3v) is 5.93. The zero-order valence-electron chi connectivity index (χ0n) is 11.1. The van der Waals surface area contributed by atoms with Gasteiger partial charge >= 0.3 is 0 Å². The van der Waals surface area contributed by atoms with E-state index in [4.69, 9.17) is 5.26 Å². The Balaban J connectivity index is 1.82. The molecule has 2 aliphatic rings. The van der Waals surface area contributed by atoms with Gasteiger partial charge < -0.3 is 0 Å². The molecule has 2 aliphatic heterocycles. The molecule has 0 spiro atoms. The number of aryl methyl sites for hydroxylation is 1. The number of hydrogen-bond donors (Lipinski definition) is 0. The first-order valence-corrected chi connectivity index (χ1v) is 7.82. The van der Waals surface area contributed by atoms with Crippen LogP contribution in [0.25, 0.3) is 0 Å². The molecular weight excluding hydrogens is 254 g/mol. The van der Waals surface area contributed by atoms with Gasteiger partial charge in [-0.15, -0.1) is 0 Å². The Morgan fingerprint density at radius 3 is 2.63 bits per heavy atom. The fourth-order valence-corrected chi connectivity index (χ4v) is 4.98. The predicted octanol–water partition coefficient (Wildman–Crippen LogP) is 3.72. The van der Waals surface area contributed by atoms with E-state index in [0.717, 1.165) is 24.0 Å². The topological polar surface area (TPSA) is 40.9 Å². The van der Waals surface area contributed by atoms with Gasteiger partial charge in [0.15, 0.2) is 5.78 Å². The Morgan fingerprint density at radius 1 is 1.32 bits per heavy atom. The fourth-order valence-electron chi connectivity index (χ4n) is 3.20. The molecule has 0 N–H and O–H groups in total. The molecule has 2 atom stereocenters. The Labute approximate surface area is 118 Å². The number of hydrogen-bond acceptors (Lipinski definition) is 3. The highest BCUT2D eigenvalue weighted by atomic mass is 32.2. The van der Waals surface area contributed by atoms with E-state index >= 15 is 0 Å². The van der Waals surface area contributed by atoms with E-state index in [-0.39, 0.29) is 11.7 Å². The minimum absolute atomic E-state index is 0.174.